The monoisotopic (exact) mass is 518 g/mol. The van der Waals surface area contributed by atoms with Crippen LogP contribution in [0.4, 0.5) is 28.4 Å². The Kier molecular flexibility index (Phi) is 7.32. The minimum Gasteiger partial charge on any atom is -0.334 e. The van der Waals surface area contributed by atoms with Gasteiger partial charge in [-0.15, -0.1) is 0 Å². The molecule has 2 nitrogen and oxygen atoms in total. The van der Waals surface area contributed by atoms with Crippen molar-refractivity contribution in [3.63, 3.8) is 0 Å². The fourth-order valence-corrected chi connectivity index (χ4v) is 5.51. The maximum absolute atomic E-state index is 2.44. The first-order valence-corrected chi connectivity index (χ1v) is 14.0. The van der Waals surface area contributed by atoms with Gasteiger partial charge in [0.15, 0.2) is 0 Å². The predicted molar refractivity (Wildman–Crippen MR) is 171 cm³/mol. The van der Waals surface area contributed by atoms with Crippen LogP contribution in [-0.4, -0.2) is 6.04 Å². The van der Waals surface area contributed by atoms with Gasteiger partial charge in [-0.2, -0.15) is 0 Å². The second kappa shape index (κ2) is 11.5. The predicted octanol–water partition coefficient (Wildman–Crippen LogP) is 10.3. The summed E-state index contributed by atoms with van der Waals surface area (Å²) in [7, 11) is 0. The first kappa shape index (κ1) is 25.5. The summed E-state index contributed by atoms with van der Waals surface area (Å²) < 4.78 is 0. The molecule has 0 saturated carbocycles. The Morgan fingerprint density at radius 3 is 1.68 bits per heavy atom. The summed E-state index contributed by atoms with van der Waals surface area (Å²) in [5.74, 6) is 0. The Hall–Kier alpha value is -4.82. The van der Waals surface area contributed by atoms with Crippen LogP contribution in [0.5, 0.6) is 0 Å². The number of aryl methyl sites for hydroxylation is 2. The lowest BCUT2D eigenvalue weighted by Gasteiger charge is -2.33. The van der Waals surface area contributed by atoms with E-state index in [-0.39, 0.29) is 6.04 Å². The van der Waals surface area contributed by atoms with Crippen molar-refractivity contribution in [1.82, 2.24) is 0 Å². The summed E-state index contributed by atoms with van der Waals surface area (Å²) in [4.78, 5) is 4.76. The third-order valence-corrected chi connectivity index (χ3v) is 7.46. The molecular formula is C38H34N2. The molecule has 0 aromatic heterocycles. The maximum Gasteiger partial charge on any atom is 0.0560 e. The third kappa shape index (κ3) is 5.48. The molecule has 6 rings (SSSR count). The van der Waals surface area contributed by atoms with E-state index in [1.807, 2.05) is 0 Å². The lowest BCUT2D eigenvalue weighted by atomic mass is 9.95. The van der Waals surface area contributed by atoms with Gasteiger partial charge in [0.1, 0.15) is 0 Å². The van der Waals surface area contributed by atoms with Crippen molar-refractivity contribution in [3.8, 4) is 0 Å². The van der Waals surface area contributed by atoms with Gasteiger partial charge in [-0.25, -0.2) is 0 Å². The molecule has 0 spiro atoms. The van der Waals surface area contributed by atoms with E-state index in [4.69, 9.17) is 0 Å². The first-order chi connectivity index (χ1) is 19.7. The highest BCUT2D eigenvalue weighted by molar-refractivity contribution is 5.81. The van der Waals surface area contributed by atoms with Crippen LogP contribution in [0.3, 0.4) is 0 Å². The Balaban J connectivity index is 1.26. The summed E-state index contributed by atoms with van der Waals surface area (Å²) in [6.07, 6.45) is 7.95. The molecule has 2 heteroatoms. The SMILES string of the molecule is Cc1cccc(N(c2ccccc2)c2ccc(C3=CCC(N(c4ccccc4)c4cccc(C)c4)C=C3)cc2)c1. The molecule has 1 aliphatic carbocycles. The molecule has 0 bridgehead atoms. The Morgan fingerprint density at radius 2 is 1.07 bits per heavy atom. The molecule has 5 aromatic rings. The molecule has 1 atom stereocenters. The largest absolute Gasteiger partial charge is 0.334 e. The van der Waals surface area contributed by atoms with Crippen LogP contribution in [0, 0.1) is 13.8 Å². The summed E-state index contributed by atoms with van der Waals surface area (Å²) in [6.45, 7) is 4.30. The smallest absolute Gasteiger partial charge is 0.0560 e. The number of benzene rings is 5. The highest BCUT2D eigenvalue weighted by Gasteiger charge is 2.21. The van der Waals surface area contributed by atoms with Crippen molar-refractivity contribution in [2.75, 3.05) is 9.80 Å². The van der Waals surface area contributed by atoms with Crippen molar-refractivity contribution in [3.05, 3.63) is 168 Å². The summed E-state index contributed by atoms with van der Waals surface area (Å²) >= 11 is 0. The number of hydrogen-bond donors (Lipinski definition) is 0. The van der Waals surface area contributed by atoms with E-state index in [1.54, 1.807) is 0 Å². The van der Waals surface area contributed by atoms with E-state index in [0.717, 1.165) is 23.5 Å². The maximum atomic E-state index is 2.44. The molecule has 5 aromatic carbocycles. The molecule has 0 saturated heterocycles. The van der Waals surface area contributed by atoms with Gasteiger partial charge in [-0.05, 0) is 103 Å². The third-order valence-electron chi connectivity index (χ3n) is 7.46. The van der Waals surface area contributed by atoms with Gasteiger partial charge in [-0.1, -0.05) is 91.0 Å². The molecule has 1 aliphatic rings. The Morgan fingerprint density at radius 1 is 0.525 bits per heavy atom. The van der Waals surface area contributed by atoms with E-state index < -0.39 is 0 Å². The minimum absolute atomic E-state index is 0.252. The normalized spacial score (nSPS) is 14.4. The lowest BCUT2D eigenvalue weighted by Crippen LogP contribution is -2.30. The van der Waals surface area contributed by atoms with Crippen LogP contribution in [0.1, 0.15) is 23.1 Å². The number of hydrogen-bond acceptors (Lipinski definition) is 2. The van der Waals surface area contributed by atoms with Gasteiger partial charge < -0.3 is 9.80 Å². The van der Waals surface area contributed by atoms with E-state index in [1.165, 1.54) is 33.6 Å². The number of anilines is 5. The number of para-hydroxylation sites is 2. The quantitative estimate of drug-likeness (QED) is 0.211. The number of allylic oxidation sites excluding steroid dienone is 2. The summed E-state index contributed by atoms with van der Waals surface area (Å²) in [5, 5.41) is 0. The fourth-order valence-electron chi connectivity index (χ4n) is 5.51. The molecule has 0 aliphatic heterocycles. The Labute approximate surface area is 238 Å². The van der Waals surface area contributed by atoms with E-state index in [9.17, 15) is 0 Å². The van der Waals surface area contributed by atoms with E-state index in [2.05, 4.69) is 175 Å². The average molecular weight is 519 g/mol. The topological polar surface area (TPSA) is 6.48 Å². The molecule has 0 radical (unpaired) electrons. The van der Waals surface area contributed by atoms with Gasteiger partial charge >= 0.3 is 0 Å². The van der Waals surface area contributed by atoms with Crippen LogP contribution >= 0.6 is 0 Å². The fraction of sp³-hybridized carbons (Fsp3) is 0.105. The summed E-state index contributed by atoms with van der Waals surface area (Å²) in [5.41, 5.74) is 10.9. The molecule has 0 N–H and O–H groups in total. The van der Waals surface area contributed by atoms with Gasteiger partial charge in [0.05, 0.1) is 6.04 Å². The van der Waals surface area contributed by atoms with E-state index in [0.29, 0.717) is 0 Å². The van der Waals surface area contributed by atoms with Gasteiger partial charge in [0.25, 0.3) is 0 Å². The zero-order valence-corrected chi connectivity index (χ0v) is 23.1. The van der Waals surface area contributed by atoms with Gasteiger partial charge in [0, 0.05) is 28.4 Å². The van der Waals surface area contributed by atoms with Crippen LogP contribution < -0.4 is 9.80 Å². The molecule has 0 amide bonds. The molecule has 196 valence electrons. The highest BCUT2D eigenvalue weighted by atomic mass is 15.2. The van der Waals surface area contributed by atoms with Crippen LogP contribution in [0.25, 0.3) is 5.57 Å². The molecule has 40 heavy (non-hydrogen) atoms. The van der Waals surface area contributed by atoms with Crippen LogP contribution in [0.15, 0.2) is 152 Å². The lowest BCUT2D eigenvalue weighted by molar-refractivity contribution is 0.787. The van der Waals surface area contributed by atoms with E-state index >= 15 is 0 Å². The zero-order valence-electron chi connectivity index (χ0n) is 23.1. The van der Waals surface area contributed by atoms with Crippen molar-refractivity contribution in [2.45, 2.75) is 26.3 Å². The molecule has 0 fully saturated rings. The first-order valence-electron chi connectivity index (χ1n) is 14.0. The van der Waals surface area contributed by atoms with Crippen molar-refractivity contribution in [2.24, 2.45) is 0 Å². The second-order valence-corrected chi connectivity index (χ2v) is 10.4. The van der Waals surface area contributed by atoms with Crippen LogP contribution in [0.2, 0.25) is 0 Å². The average Bonchev–Trinajstić information content (AvgIpc) is 3.00. The van der Waals surface area contributed by atoms with Crippen molar-refractivity contribution < 1.29 is 0 Å². The molecule has 1 unspecified atom stereocenters. The Bertz CT molecular complexity index is 1630. The number of rotatable bonds is 7. The molecule has 0 heterocycles. The highest BCUT2D eigenvalue weighted by Crippen LogP contribution is 2.37. The summed E-state index contributed by atoms with van der Waals surface area (Å²) in [6, 6.07) is 47.9. The minimum atomic E-state index is 0.252. The van der Waals surface area contributed by atoms with Crippen molar-refractivity contribution in [1.29, 1.82) is 0 Å². The standard InChI is InChI=1S/C38H34N2/c1-29-11-9-17-37(27-29)39(33-13-5-3-6-14-33)35-23-19-31(20-24-35)32-21-25-36(26-22-32)40(34-15-7-4-8-16-34)38-18-10-12-30(2)28-38/h3-25,27-28,36H,26H2,1-2H3. The van der Waals surface area contributed by atoms with Crippen LogP contribution in [-0.2, 0) is 0 Å². The molecular weight excluding hydrogens is 484 g/mol. The van der Waals surface area contributed by atoms with Gasteiger partial charge in [-0.3, -0.25) is 0 Å². The van der Waals surface area contributed by atoms with Gasteiger partial charge in [0.2, 0.25) is 0 Å². The number of nitrogens with zero attached hydrogens (tertiary/aromatic N) is 2. The zero-order chi connectivity index (χ0) is 27.3. The second-order valence-electron chi connectivity index (χ2n) is 10.4. The van der Waals surface area contributed by atoms with Crippen molar-refractivity contribution >= 4 is 34.0 Å².